The number of rotatable bonds is 12. The zero-order chi connectivity index (χ0) is 22.0. The standard InChI is InChI=1S/C16H30N4O7S/c1-7(13(23)20-12(9(3)22)16(26)27)18-15(25)11(8(2)21)19-14(24)10(17)5-6-28-4/h7-12,21-22H,5-6,17H2,1-4H3,(H,18,25)(H,19,24)(H,20,23)(H,26,27). The van der Waals surface area contributed by atoms with Crippen LogP contribution < -0.4 is 21.7 Å². The lowest BCUT2D eigenvalue weighted by Gasteiger charge is -2.25. The quantitative estimate of drug-likeness (QED) is 0.176. The van der Waals surface area contributed by atoms with Gasteiger partial charge < -0.3 is 37.0 Å². The average molecular weight is 423 g/mol. The summed E-state index contributed by atoms with van der Waals surface area (Å²) in [7, 11) is 0. The van der Waals surface area contributed by atoms with Crippen molar-refractivity contribution in [3.63, 3.8) is 0 Å². The molecule has 0 fully saturated rings. The van der Waals surface area contributed by atoms with Crippen LogP contribution in [-0.2, 0) is 19.2 Å². The normalized spacial score (nSPS) is 17.4. The van der Waals surface area contributed by atoms with Gasteiger partial charge in [-0.25, -0.2) is 4.79 Å². The molecular formula is C16H30N4O7S. The number of carboxylic acids is 1. The number of nitrogens with two attached hydrogens (primary N) is 1. The largest absolute Gasteiger partial charge is 0.480 e. The summed E-state index contributed by atoms with van der Waals surface area (Å²) < 4.78 is 0. The monoisotopic (exact) mass is 422 g/mol. The minimum atomic E-state index is -1.55. The number of aliphatic hydroxyl groups excluding tert-OH is 2. The minimum Gasteiger partial charge on any atom is -0.480 e. The molecule has 8 N–H and O–H groups in total. The first kappa shape index (κ1) is 26.1. The second-order valence-corrected chi connectivity index (χ2v) is 7.40. The molecule has 0 aromatic carbocycles. The maximum atomic E-state index is 12.3. The summed E-state index contributed by atoms with van der Waals surface area (Å²) in [5, 5.41) is 34.9. The maximum Gasteiger partial charge on any atom is 0.328 e. The van der Waals surface area contributed by atoms with Crippen LogP contribution in [0, 0.1) is 0 Å². The number of hydrogen-bond donors (Lipinski definition) is 7. The number of thioether (sulfide) groups is 1. The van der Waals surface area contributed by atoms with Crippen LogP contribution in [0.5, 0.6) is 0 Å². The molecule has 0 saturated carbocycles. The van der Waals surface area contributed by atoms with E-state index >= 15 is 0 Å². The summed E-state index contributed by atoms with van der Waals surface area (Å²) in [5.74, 6) is -3.10. The Balaban J connectivity index is 4.93. The van der Waals surface area contributed by atoms with Crippen molar-refractivity contribution >= 4 is 35.5 Å². The Hall–Kier alpha value is -1.89. The second-order valence-electron chi connectivity index (χ2n) is 6.41. The fourth-order valence-electron chi connectivity index (χ4n) is 2.08. The maximum absolute atomic E-state index is 12.3. The van der Waals surface area contributed by atoms with Crippen molar-refractivity contribution in [2.24, 2.45) is 5.73 Å². The number of aliphatic carboxylic acids is 1. The predicted molar refractivity (Wildman–Crippen MR) is 103 cm³/mol. The van der Waals surface area contributed by atoms with Crippen molar-refractivity contribution in [3.8, 4) is 0 Å². The molecule has 11 nitrogen and oxygen atoms in total. The van der Waals surface area contributed by atoms with Gasteiger partial charge in [-0.3, -0.25) is 14.4 Å². The summed E-state index contributed by atoms with van der Waals surface area (Å²) in [6, 6.07) is -4.94. The topological polar surface area (TPSA) is 191 Å². The van der Waals surface area contributed by atoms with Crippen molar-refractivity contribution in [1.29, 1.82) is 0 Å². The number of hydrogen-bond acceptors (Lipinski definition) is 8. The van der Waals surface area contributed by atoms with Crippen LogP contribution in [0.1, 0.15) is 27.2 Å². The first-order chi connectivity index (χ1) is 12.9. The highest BCUT2D eigenvalue weighted by atomic mass is 32.2. The zero-order valence-corrected chi connectivity index (χ0v) is 17.2. The van der Waals surface area contributed by atoms with Gasteiger partial charge in [-0.05, 0) is 39.2 Å². The molecule has 0 aliphatic rings. The molecule has 0 aromatic heterocycles. The molecule has 0 rings (SSSR count). The molecule has 162 valence electrons. The molecule has 0 aliphatic heterocycles. The molecule has 0 radical (unpaired) electrons. The van der Waals surface area contributed by atoms with Crippen LogP contribution in [-0.4, -0.2) is 87.4 Å². The minimum absolute atomic E-state index is 0.385. The van der Waals surface area contributed by atoms with Crippen molar-refractivity contribution in [1.82, 2.24) is 16.0 Å². The average Bonchev–Trinajstić information content (AvgIpc) is 2.60. The molecule has 6 unspecified atom stereocenters. The molecule has 12 heteroatoms. The van der Waals surface area contributed by atoms with E-state index < -0.39 is 60.1 Å². The first-order valence-corrected chi connectivity index (χ1v) is 10.1. The molecular weight excluding hydrogens is 392 g/mol. The summed E-state index contributed by atoms with van der Waals surface area (Å²) in [6.07, 6.45) is -0.376. The number of aliphatic hydroxyl groups is 2. The van der Waals surface area contributed by atoms with Gasteiger partial charge in [0.15, 0.2) is 6.04 Å². The van der Waals surface area contributed by atoms with Crippen molar-refractivity contribution in [3.05, 3.63) is 0 Å². The van der Waals surface area contributed by atoms with Crippen LogP contribution in [0.2, 0.25) is 0 Å². The highest BCUT2D eigenvalue weighted by molar-refractivity contribution is 7.98. The number of amides is 3. The van der Waals surface area contributed by atoms with E-state index in [9.17, 15) is 29.4 Å². The summed E-state index contributed by atoms with van der Waals surface area (Å²) >= 11 is 1.51. The summed E-state index contributed by atoms with van der Waals surface area (Å²) in [5.41, 5.74) is 5.73. The SMILES string of the molecule is CSCCC(N)C(=O)NC(C(=O)NC(C)C(=O)NC(C(=O)O)C(C)O)C(C)O. The molecule has 0 spiro atoms. The summed E-state index contributed by atoms with van der Waals surface area (Å²) in [6.45, 7) is 3.78. The van der Waals surface area contributed by atoms with E-state index in [4.69, 9.17) is 10.8 Å². The third-order valence-corrected chi connectivity index (χ3v) is 4.47. The Morgan fingerprint density at radius 3 is 1.82 bits per heavy atom. The van der Waals surface area contributed by atoms with Crippen LogP contribution in [0.3, 0.4) is 0 Å². The predicted octanol–water partition coefficient (Wildman–Crippen LogP) is -2.61. The smallest absolute Gasteiger partial charge is 0.328 e. The molecule has 0 aromatic rings. The van der Waals surface area contributed by atoms with Gasteiger partial charge in [-0.2, -0.15) is 11.8 Å². The third-order valence-electron chi connectivity index (χ3n) is 3.83. The molecule has 28 heavy (non-hydrogen) atoms. The zero-order valence-electron chi connectivity index (χ0n) is 16.3. The number of carbonyl (C=O) groups excluding carboxylic acids is 3. The van der Waals surface area contributed by atoms with Gasteiger partial charge in [0.2, 0.25) is 17.7 Å². The van der Waals surface area contributed by atoms with Gasteiger partial charge in [-0.15, -0.1) is 0 Å². The number of carboxylic acid groups (broad SMARTS) is 1. The van der Waals surface area contributed by atoms with Gasteiger partial charge in [0.25, 0.3) is 0 Å². The van der Waals surface area contributed by atoms with Gasteiger partial charge in [-0.1, -0.05) is 0 Å². The molecule has 6 atom stereocenters. The molecule has 0 saturated heterocycles. The van der Waals surface area contributed by atoms with E-state index in [1.165, 1.54) is 32.5 Å². The fourth-order valence-corrected chi connectivity index (χ4v) is 2.57. The molecule has 0 heterocycles. The van der Waals surface area contributed by atoms with Crippen LogP contribution in [0.25, 0.3) is 0 Å². The van der Waals surface area contributed by atoms with Crippen molar-refractivity contribution in [2.75, 3.05) is 12.0 Å². The Morgan fingerprint density at radius 2 is 1.39 bits per heavy atom. The lowest BCUT2D eigenvalue weighted by atomic mass is 10.1. The van der Waals surface area contributed by atoms with E-state index in [1.54, 1.807) is 0 Å². The van der Waals surface area contributed by atoms with E-state index in [1.807, 2.05) is 6.26 Å². The number of carbonyl (C=O) groups is 4. The Morgan fingerprint density at radius 1 is 0.893 bits per heavy atom. The molecule has 3 amide bonds. The highest BCUT2D eigenvalue weighted by Gasteiger charge is 2.31. The van der Waals surface area contributed by atoms with Gasteiger partial charge in [0.05, 0.1) is 18.2 Å². The van der Waals surface area contributed by atoms with Gasteiger partial charge in [0, 0.05) is 0 Å². The van der Waals surface area contributed by atoms with E-state index in [0.29, 0.717) is 12.2 Å². The van der Waals surface area contributed by atoms with Crippen molar-refractivity contribution in [2.45, 2.75) is 63.6 Å². The lowest BCUT2D eigenvalue weighted by molar-refractivity contribution is -0.145. The first-order valence-electron chi connectivity index (χ1n) is 8.66. The van der Waals surface area contributed by atoms with E-state index in [0.717, 1.165) is 0 Å². The van der Waals surface area contributed by atoms with Gasteiger partial charge in [0.1, 0.15) is 12.1 Å². The second kappa shape index (κ2) is 12.5. The Kier molecular flexibility index (Phi) is 11.7. The van der Waals surface area contributed by atoms with Crippen molar-refractivity contribution < 1.29 is 34.5 Å². The van der Waals surface area contributed by atoms with Gasteiger partial charge >= 0.3 is 5.97 Å². The molecule has 0 bridgehead atoms. The van der Waals surface area contributed by atoms with Crippen LogP contribution in [0.4, 0.5) is 0 Å². The highest BCUT2D eigenvalue weighted by Crippen LogP contribution is 2.02. The Labute approximate surface area is 167 Å². The van der Waals surface area contributed by atoms with Crippen LogP contribution >= 0.6 is 11.8 Å². The third kappa shape index (κ3) is 8.87. The molecule has 0 aliphatic carbocycles. The Bertz CT molecular complexity index is 559. The van der Waals surface area contributed by atoms with Crippen LogP contribution in [0.15, 0.2) is 0 Å². The van der Waals surface area contributed by atoms with E-state index in [-0.39, 0.29) is 0 Å². The number of nitrogens with one attached hydrogen (secondary N) is 3. The summed E-state index contributed by atoms with van der Waals surface area (Å²) in [4.78, 5) is 47.5. The van der Waals surface area contributed by atoms with E-state index in [2.05, 4.69) is 16.0 Å². The fraction of sp³-hybridized carbons (Fsp3) is 0.750. The lowest BCUT2D eigenvalue weighted by Crippen LogP contribution is -2.59.